The van der Waals surface area contributed by atoms with Crippen LogP contribution in [0.1, 0.15) is 16.7 Å². The number of rotatable bonds is 5. The zero-order chi connectivity index (χ0) is 18.0. The van der Waals surface area contributed by atoms with Crippen molar-refractivity contribution >= 4 is 33.2 Å². The number of sulfonamides is 1. The predicted molar refractivity (Wildman–Crippen MR) is 99.4 cm³/mol. The highest BCUT2D eigenvalue weighted by Gasteiger charge is 2.23. The molecule has 1 aliphatic carbocycles. The summed E-state index contributed by atoms with van der Waals surface area (Å²) in [6.45, 7) is 0. The third-order valence-electron chi connectivity index (χ3n) is 4.13. The van der Waals surface area contributed by atoms with E-state index in [2.05, 4.69) is 10.0 Å². The lowest BCUT2D eigenvalue weighted by Gasteiger charge is -2.14. The number of halogens is 1. The summed E-state index contributed by atoms with van der Waals surface area (Å²) in [4.78, 5) is 12.4. The number of fused-ring (bicyclic) bond motifs is 1. The maximum absolute atomic E-state index is 12.4. The van der Waals surface area contributed by atoms with E-state index in [0.717, 1.165) is 24.7 Å². The molecule has 2 aromatic carbocycles. The minimum absolute atomic E-state index is 0.0380. The van der Waals surface area contributed by atoms with Gasteiger partial charge >= 0.3 is 0 Å². The largest absolute Gasteiger partial charge is 0.352 e. The summed E-state index contributed by atoms with van der Waals surface area (Å²) in [6.07, 6.45) is 2.74. The number of para-hydroxylation sites is 1. The van der Waals surface area contributed by atoms with Crippen molar-refractivity contribution in [2.24, 2.45) is 0 Å². The van der Waals surface area contributed by atoms with E-state index in [1.54, 1.807) is 24.3 Å². The molecular formula is C18H19ClN2O3S. The molecular weight excluding hydrogens is 360 g/mol. The van der Waals surface area contributed by atoms with E-state index in [4.69, 9.17) is 11.6 Å². The number of amides is 1. The Morgan fingerprint density at radius 1 is 1.16 bits per heavy atom. The smallest absolute Gasteiger partial charge is 0.229 e. The van der Waals surface area contributed by atoms with Crippen LogP contribution in [0.5, 0.6) is 0 Å². The molecule has 0 bridgehead atoms. The fraction of sp³-hybridized carbons (Fsp3) is 0.278. The molecule has 5 nitrogen and oxygen atoms in total. The second kappa shape index (κ2) is 7.06. The third kappa shape index (κ3) is 4.74. The lowest BCUT2D eigenvalue weighted by Crippen LogP contribution is -2.36. The van der Waals surface area contributed by atoms with Crippen LogP contribution < -0.4 is 10.0 Å². The summed E-state index contributed by atoms with van der Waals surface area (Å²) < 4.78 is 25.3. The predicted octanol–water partition coefficient (Wildman–Crippen LogP) is 2.54. The number of carbonyl (C=O) groups excluding carboxylic acids is 1. The Bertz CT molecular complexity index is 912. The van der Waals surface area contributed by atoms with Gasteiger partial charge in [-0.15, -0.1) is 0 Å². The molecule has 2 N–H and O–H groups in total. The molecule has 0 fully saturated rings. The van der Waals surface area contributed by atoms with E-state index >= 15 is 0 Å². The molecule has 7 heteroatoms. The number of hydrogen-bond donors (Lipinski definition) is 2. The van der Waals surface area contributed by atoms with Gasteiger partial charge in [0.2, 0.25) is 15.9 Å². The number of carbonyl (C=O) groups is 1. The van der Waals surface area contributed by atoms with Crippen LogP contribution in [0.15, 0.2) is 42.5 Å². The Hall–Kier alpha value is -2.05. The first-order valence-electron chi connectivity index (χ1n) is 7.92. The molecule has 0 saturated carbocycles. The molecule has 0 heterocycles. The topological polar surface area (TPSA) is 75.3 Å². The van der Waals surface area contributed by atoms with E-state index in [1.165, 1.54) is 5.56 Å². The summed E-state index contributed by atoms with van der Waals surface area (Å²) in [6, 6.07) is 12.7. The minimum Gasteiger partial charge on any atom is -0.352 e. The van der Waals surface area contributed by atoms with Gasteiger partial charge in [-0.05, 0) is 47.7 Å². The summed E-state index contributed by atoms with van der Waals surface area (Å²) in [5.74, 6) is -0.133. The normalized spacial score (nSPS) is 16.3. The van der Waals surface area contributed by atoms with E-state index in [0.29, 0.717) is 16.3 Å². The summed E-state index contributed by atoms with van der Waals surface area (Å²) in [5.41, 5.74) is 3.44. The lowest BCUT2D eigenvalue weighted by atomic mass is 10.1. The van der Waals surface area contributed by atoms with Gasteiger partial charge in [0.1, 0.15) is 0 Å². The van der Waals surface area contributed by atoms with Crippen molar-refractivity contribution in [3.05, 3.63) is 64.2 Å². The monoisotopic (exact) mass is 378 g/mol. The van der Waals surface area contributed by atoms with Crippen molar-refractivity contribution in [1.29, 1.82) is 0 Å². The van der Waals surface area contributed by atoms with Gasteiger partial charge in [0.25, 0.3) is 0 Å². The SMILES string of the molecule is CS(=O)(=O)Nc1ccccc1CC(=O)NC1Cc2ccc(Cl)cc2C1. The van der Waals surface area contributed by atoms with Crippen LogP contribution >= 0.6 is 11.6 Å². The van der Waals surface area contributed by atoms with Crippen LogP contribution in [0.4, 0.5) is 5.69 Å². The second-order valence-corrected chi connectivity index (χ2v) is 8.48. The Kier molecular flexibility index (Phi) is 5.01. The molecule has 132 valence electrons. The van der Waals surface area contributed by atoms with Crippen molar-refractivity contribution in [2.75, 3.05) is 11.0 Å². The van der Waals surface area contributed by atoms with Crippen molar-refractivity contribution < 1.29 is 13.2 Å². The van der Waals surface area contributed by atoms with Crippen LogP contribution in [0.2, 0.25) is 5.02 Å². The van der Waals surface area contributed by atoms with Crippen LogP contribution in [-0.2, 0) is 34.1 Å². The number of anilines is 1. The highest BCUT2D eigenvalue weighted by molar-refractivity contribution is 7.92. The molecule has 0 aromatic heterocycles. The van der Waals surface area contributed by atoms with Gasteiger partial charge in [-0.25, -0.2) is 8.42 Å². The van der Waals surface area contributed by atoms with Gasteiger partial charge in [-0.2, -0.15) is 0 Å². The summed E-state index contributed by atoms with van der Waals surface area (Å²) in [7, 11) is -3.39. The molecule has 1 aliphatic rings. The Morgan fingerprint density at radius 2 is 1.88 bits per heavy atom. The molecule has 0 spiro atoms. The van der Waals surface area contributed by atoms with Gasteiger partial charge in [0.05, 0.1) is 18.4 Å². The second-order valence-electron chi connectivity index (χ2n) is 6.29. The summed E-state index contributed by atoms with van der Waals surface area (Å²) >= 11 is 6.01. The quantitative estimate of drug-likeness (QED) is 0.839. The van der Waals surface area contributed by atoms with Crippen LogP contribution in [0.3, 0.4) is 0 Å². The first kappa shape index (κ1) is 17.8. The maximum atomic E-state index is 12.4. The Morgan fingerprint density at radius 3 is 2.64 bits per heavy atom. The number of nitrogens with one attached hydrogen (secondary N) is 2. The van der Waals surface area contributed by atoms with Crippen molar-refractivity contribution in [3.8, 4) is 0 Å². The molecule has 3 rings (SSSR count). The van der Waals surface area contributed by atoms with E-state index in [9.17, 15) is 13.2 Å². The van der Waals surface area contributed by atoms with E-state index in [1.807, 2.05) is 18.2 Å². The van der Waals surface area contributed by atoms with Gasteiger partial charge < -0.3 is 5.32 Å². The third-order valence-corrected chi connectivity index (χ3v) is 4.96. The van der Waals surface area contributed by atoms with E-state index < -0.39 is 10.0 Å². The maximum Gasteiger partial charge on any atom is 0.229 e. The van der Waals surface area contributed by atoms with Gasteiger partial charge in [-0.1, -0.05) is 35.9 Å². The Balaban J connectivity index is 1.65. The molecule has 1 atom stereocenters. The fourth-order valence-electron chi connectivity index (χ4n) is 3.11. The fourth-order valence-corrected chi connectivity index (χ4v) is 3.91. The summed E-state index contributed by atoms with van der Waals surface area (Å²) in [5, 5.41) is 3.73. The first-order valence-corrected chi connectivity index (χ1v) is 10.2. The molecule has 0 saturated heterocycles. The molecule has 2 aromatic rings. The van der Waals surface area contributed by atoms with Crippen LogP contribution in [-0.4, -0.2) is 26.6 Å². The standard InChI is InChI=1S/C18H19ClN2O3S/c1-25(23,24)21-17-5-3-2-4-13(17)11-18(22)20-16-9-12-6-7-15(19)8-14(12)10-16/h2-8,16,21H,9-11H2,1H3,(H,20,22). The van der Waals surface area contributed by atoms with Gasteiger partial charge in [-0.3, -0.25) is 9.52 Å². The zero-order valence-corrected chi connectivity index (χ0v) is 15.3. The highest BCUT2D eigenvalue weighted by atomic mass is 35.5. The molecule has 0 aliphatic heterocycles. The molecule has 1 unspecified atom stereocenters. The molecule has 25 heavy (non-hydrogen) atoms. The van der Waals surface area contributed by atoms with Crippen LogP contribution in [0.25, 0.3) is 0 Å². The molecule has 0 radical (unpaired) electrons. The average molecular weight is 379 g/mol. The highest BCUT2D eigenvalue weighted by Crippen LogP contribution is 2.25. The molecule has 1 amide bonds. The van der Waals surface area contributed by atoms with Gasteiger partial charge in [0.15, 0.2) is 0 Å². The van der Waals surface area contributed by atoms with Crippen LogP contribution in [0, 0.1) is 0 Å². The number of hydrogen-bond acceptors (Lipinski definition) is 3. The average Bonchev–Trinajstić information content (AvgIpc) is 2.89. The minimum atomic E-state index is -3.39. The van der Waals surface area contributed by atoms with Crippen molar-refractivity contribution in [2.45, 2.75) is 25.3 Å². The lowest BCUT2D eigenvalue weighted by molar-refractivity contribution is -0.121. The van der Waals surface area contributed by atoms with E-state index in [-0.39, 0.29) is 18.4 Å². The zero-order valence-electron chi connectivity index (χ0n) is 13.8. The number of benzene rings is 2. The Labute approximate surface area is 152 Å². The van der Waals surface area contributed by atoms with Gasteiger partial charge in [0, 0.05) is 11.1 Å². The first-order chi connectivity index (χ1) is 11.8. The van der Waals surface area contributed by atoms with Crippen molar-refractivity contribution in [1.82, 2.24) is 5.32 Å². The van der Waals surface area contributed by atoms with Crippen molar-refractivity contribution in [3.63, 3.8) is 0 Å².